The van der Waals surface area contributed by atoms with Crippen LogP contribution in [-0.4, -0.2) is 36.2 Å². The standard InChI is InChI=1S/C20H19NO4/c1-13-3-5-14(6-4-13)19(23)21-11-17-9-16(20(24)25-2)8-7-15(17)10-18(22)12-21/h3-9H,10-12H2,1-2H3. The lowest BCUT2D eigenvalue weighted by atomic mass is 10.0. The van der Waals surface area contributed by atoms with Crippen LogP contribution in [0, 0.1) is 6.92 Å². The van der Waals surface area contributed by atoms with Crippen molar-refractivity contribution in [1.82, 2.24) is 4.90 Å². The number of benzene rings is 2. The van der Waals surface area contributed by atoms with Crippen LogP contribution < -0.4 is 0 Å². The third-order valence-electron chi connectivity index (χ3n) is 4.33. The number of ketones is 1. The summed E-state index contributed by atoms with van der Waals surface area (Å²) < 4.78 is 4.75. The van der Waals surface area contributed by atoms with E-state index >= 15 is 0 Å². The molecule has 0 unspecified atom stereocenters. The van der Waals surface area contributed by atoms with E-state index in [0.717, 1.165) is 16.7 Å². The van der Waals surface area contributed by atoms with E-state index in [9.17, 15) is 14.4 Å². The Morgan fingerprint density at radius 2 is 1.64 bits per heavy atom. The monoisotopic (exact) mass is 337 g/mol. The smallest absolute Gasteiger partial charge is 0.337 e. The number of nitrogens with zero attached hydrogens (tertiary/aromatic N) is 1. The van der Waals surface area contributed by atoms with Crippen LogP contribution in [-0.2, 0) is 22.5 Å². The second-order valence-corrected chi connectivity index (χ2v) is 6.22. The summed E-state index contributed by atoms with van der Waals surface area (Å²) in [6.45, 7) is 2.31. The fourth-order valence-electron chi connectivity index (χ4n) is 2.96. The van der Waals surface area contributed by atoms with Crippen LogP contribution in [0.5, 0.6) is 0 Å². The number of carbonyl (C=O) groups is 3. The van der Waals surface area contributed by atoms with Gasteiger partial charge in [0.2, 0.25) is 0 Å². The number of esters is 1. The first-order valence-electron chi connectivity index (χ1n) is 8.05. The van der Waals surface area contributed by atoms with Gasteiger partial charge in [-0.2, -0.15) is 0 Å². The molecule has 3 rings (SSSR count). The zero-order chi connectivity index (χ0) is 18.0. The summed E-state index contributed by atoms with van der Waals surface area (Å²) in [6, 6.07) is 12.4. The lowest BCUT2D eigenvalue weighted by Crippen LogP contribution is -2.34. The highest BCUT2D eigenvalue weighted by atomic mass is 16.5. The van der Waals surface area contributed by atoms with Gasteiger partial charge in [0.15, 0.2) is 5.78 Å². The number of ether oxygens (including phenoxy) is 1. The molecule has 0 saturated heterocycles. The Labute approximate surface area is 146 Å². The number of Topliss-reactive ketones (excluding diaryl/α,β-unsaturated/α-hetero) is 1. The normalized spacial score (nSPS) is 13.8. The molecular formula is C20H19NO4. The number of amides is 1. The van der Waals surface area contributed by atoms with Crippen molar-refractivity contribution in [1.29, 1.82) is 0 Å². The lowest BCUT2D eigenvalue weighted by molar-refractivity contribution is -0.118. The summed E-state index contributed by atoms with van der Waals surface area (Å²) in [5.74, 6) is -0.649. The summed E-state index contributed by atoms with van der Waals surface area (Å²) in [4.78, 5) is 38.3. The van der Waals surface area contributed by atoms with Crippen molar-refractivity contribution in [3.05, 3.63) is 70.3 Å². The van der Waals surface area contributed by atoms with Crippen LogP contribution in [0.2, 0.25) is 0 Å². The second-order valence-electron chi connectivity index (χ2n) is 6.22. The largest absolute Gasteiger partial charge is 0.465 e. The molecule has 0 atom stereocenters. The Hall–Kier alpha value is -2.95. The Balaban J connectivity index is 1.92. The van der Waals surface area contributed by atoms with Crippen molar-refractivity contribution < 1.29 is 19.1 Å². The van der Waals surface area contributed by atoms with Crippen LogP contribution in [0.3, 0.4) is 0 Å². The maximum Gasteiger partial charge on any atom is 0.337 e. The van der Waals surface area contributed by atoms with Gasteiger partial charge in [-0.1, -0.05) is 23.8 Å². The van der Waals surface area contributed by atoms with E-state index in [2.05, 4.69) is 0 Å². The highest BCUT2D eigenvalue weighted by Gasteiger charge is 2.25. The van der Waals surface area contributed by atoms with Crippen LogP contribution in [0.15, 0.2) is 42.5 Å². The average molecular weight is 337 g/mol. The summed E-state index contributed by atoms with van der Waals surface area (Å²) in [5.41, 5.74) is 3.67. The maximum atomic E-state index is 12.8. The van der Waals surface area contributed by atoms with Crippen LogP contribution in [0.4, 0.5) is 0 Å². The molecule has 128 valence electrons. The first-order valence-corrected chi connectivity index (χ1v) is 8.05. The zero-order valence-electron chi connectivity index (χ0n) is 14.2. The van der Waals surface area contributed by atoms with Gasteiger partial charge in [0.05, 0.1) is 19.2 Å². The zero-order valence-corrected chi connectivity index (χ0v) is 14.2. The summed E-state index contributed by atoms with van der Waals surface area (Å²) >= 11 is 0. The van der Waals surface area contributed by atoms with E-state index in [1.54, 1.807) is 30.3 Å². The quantitative estimate of drug-likeness (QED) is 0.790. The molecule has 5 nitrogen and oxygen atoms in total. The van der Waals surface area contributed by atoms with E-state index < -0.39 is 5.97 Å². The number of aryl methyl sites for hydroxylation is 1. The van der Waals surface area contributed by atoms with Gasteiger partial charge in [0.25, 0.3) is 5.91 Å². The molecule has 2 aromatic carbocycles. The number of carbonyl (C=O) groups excluding carboxylic acids is 3. The van der Waals surface area contributed by atoms with Crippen LogP contribution in [0.25, 0.3) is 0 Å². The van der Waals surface area contributed by atoms with Gasteiger partial charge in [-0.05, 0) is 42.3 Å². The SMILES string of the molecule is COC(=O)c1ccc2c(c1)CN(C(=O)c1ccc(C)cc1)CC(=O)C2. The number of hydrogen-bond acceptors (Lipinski definition) is 4. The Bertz CT molecular complexity index is 839. The van der Waals surface area contributed by atoms with Gasteiger partial charge < -0.3 is 9.64 Å². The highest BCUT2D eigenvalue weighted by molar-refractivity contribution is 5.98. The molecule has 5 heteroatoms. The summed E-state index contributed by atoms with van der Waals surface area (Å²) in [7, 11) is 1.32. The molecule has 1 heterocycles. The molecule has 0 saturated carbocycles. The maximum absolute atomic E-state index is 12.8. The van der Waals surface area contributed by atoms with Crippen molar-refractivity contribution in [3.8, 4) is 0 Å². The van der Waals surface area contributed by atoms with E-state index in [-0.39, 0.29) is 24.7 Å². The Morgan fingerprint density at radius 1 is 0.960 bits per heavy atom. The third-order valence-corrected chi connectivity index (χ3v) is 4.33. The molecule has 0 aliphatic carbocycles. The third kappa shape index (κ3) is 3.60. The topological polar surface area (TPSA) is 63.7 Å². The number of methoxy groups -OCH3 is 1. The minimum Gasteiger partial charge on any atom is -0.465 e. The average Bonchev–Trinajstić information content (AvgIpc) is 2.78. The molecule has 0 fully saturated rings. The molecule has 1 aliphatic rings. The van der Waals surface area contributed by atoms with E-state index in [0.29, 0.717) is 17.7 Å². The molecule has 0 radical (unpaired) electrons. The highest BCUT2D eigenvalue weighted by Crippen LogP contribution is 2.21. The number of rotatable bonds is 2. The fraction of sp³-hybridized carbons (Fsp3) is 0.250. The first-order chi connectivity index (χ1) is 12.0. The van der Waals surface area contributed by atoms with Crippen LogP contribution in [0.1, 0.15) is 37.4 Å². The van der Waals surface area contributed by atoms with Gasteiger partial charge >= 0.3 is 5.97 Å². The second kappa shape index (κ2) is 6.89. The summed E-state index contributed by atoms with van der Waals surface area (Å²) in [5, 5.41) is 0. The molecular weight excluding hydrogens is 318 g/mol. The number of fused-ring (bicyclic) bond motifs is 1. The molecule has 1 amide bonds. The Kier molecular flexibility index (Phi) is 4.65. The predicted octanol–water partition coefficient (Wildman–Crippen LogP) is 2.55. The van der Waals surface area contributed by atoms with Gasteiger partial charge in [-0.25, -0.2) is 4.79 Å². The minimum absolute atomic E-state index is 0.0231. The molecule has 0 N–H and O–H groups in total. The van der Waals surface area contributed by atoms with Crippen molar-refractivity contribution in [2.45, 2.75) is 19.9 Å². The molecule has 0 bridgehead atoms. The molecule has 2 aromatic rings. The van der Waals surface area contributed by atoms with Crippen LogP contribution >= 0.6 is 0 Å². The van der Waals surface area contributed by atoms with Gasteiger partial charge in [0, 0.05) is 18.5 Å². The minimum atomic E-state index is -0.435. The number of hydrogen-bond donors (Lipinski definition) is 0. The van der Waals surface area contributed by atoms with Gasteiger partial charge in [-0.15, -0.1) is 0 Å². The molecule has 0 spiro atoms. The van der Waals surface area contributed by atoms with Gasteiger partial charge in [-0.3, -0.25) is 9.59 Å². The van der Waals surface area contributed by atoms with Crippen molar-refractivity contribution in [2.24, 2.45) is 0 Å². The van der Waals surface area contributed by atoms with E-state index in [4.69, 9.17) is 4.74 Å². The molecule has 1 aliphatic heterocycles. The molecule has 0 aromatic heterocycles. The van der Waals surface area contributed by atoms with Crippen molar-refractivity contribution in [2.75, 3.05) is 13.7 Å². The van der Waals surface area contributed by atoms with Crippen molar-refractivity contribution >= 4 is 17.7 Å². The summed E-state index contributed by atoms with van der Waals surface area (Å²) in [6.07, 6.45) is 0.258. The lowest BCUT2D eigenvalue weighted by Gasteiger charge is -2.20. The van der Waals surface area contributed by atoms with E-state index in [1.165, 1.54) is 12.0 Å². The van der Waals surface area contributed by atoms with E-state index in [1.807, 2.05) is 19.1 Å². The molecule has 25 heavy (non-hydrogen) atoms. The first kappa shape index (κ1) is 16.9. The predicted molar refractivity (Wildman–Crippen MR) is 92.4 cm³/mol. The van der Waals surface area contributed by atoms with Crippen molar-refractivity contribution in [3.63, 3.8) is 0 Å². The Morgan fingerprint density at radius 3 is 2.32 bits per heavy atom. The van der Waals surface area contributed by atoms with Gasteiger partial charge in [0.1, 0.15) is 0 Å². The fourth-order valence-corrected chi connectivity index (χ4v) is 2.96.